The Balaban J connectivity index is 1.47. The molecule has 2 aromatic rings. The van der Waals surface area contributed by atoms with Gasteiger partial charge in [-0.2, -0.15) is 10.1 Å². The van der Waals surface area contributed by atoms with Gasteiger partial charge in [0.15, 0.2) is 5.82 Å². The molecular weight excluding hydrogens is 348 g/mol. The zero-order chi connectivity index (χ0) is 17.9. The predicted octanol–water partition coefficient (Wildman–Crippen LogP) is -0.0958. The second-order valence-corrected chi connectivity index (χ2v) is 7.96. The molecule has 1 amide bonds. The summed E-state index contributed by atoms with van der Waals surface area (Å²) in [4.78, 5) is 16.1. The molecule has 10 nitrogen and oxygen atoms in total. The number of nitrogens with zero attached hydrogens (tertiary/aromatic N) is 4. The topological polar surface area (TPSA) is 134 Å². The van der Waals surface area contributed by atoms with Crippen molar-refractivity contribution >= 4 is 15.9 Å². The van der Waals surface area contributed by atoms with Crippen LogP contribution in [0.2, 0.25) is 0 Å². The molecule has 0 unspecified atom stereocenters. The Morgan fingerprint density at radius 2 is 2.20 bits per heavy atom. The minimum atomic E-state index is -3.14. The van der Waals surface area contributed by atoms with E-state index >= 15 is 0 Å². The fourth-order valence-corrected chi connectivity index (χ4v) is 3.62. The molecule has 2 aromatic heterocycles. The number of amides is 1. The van der Waals surface area contributed by atoms with E-state index in [4.69, 9.17) is 4.52 Å². The van der Waals surface area contributed by atoms with Crippen LogP contribution >= 0.6 is 0 Å². The molecule has 136 valence electrons. The zero-order valence-electron chi connectivity index (χ0n) is 13.8. The van der Waals surface area contributed by atoms with E-state index in [0.717, 1.165) is 0 Å². The molecule has 0 spiro atoms. The van der Waals surface area contributed by atoms with E-state index in [9.17, 15) is 13.2 Å². The van der Waals surface area contributed by atoms with Crippen molar-refractivity contribution in [3.8, 4) is 0 Å². The third-order valence-electron chi connectivity index (χ3n) is 4.16. The maximum absolute atomic E-state index is 11.8. The first-order chi connectivity index (χ1) is 11.9. The Labute approximate surface area is 145 Å². The molecule has 0 saturated carbocycles. The van der Waals surface area contributed by atoms with Crippen molar-refractivity contribution in [2.75, 3.05) is 25.9 Å². The molecule has 0 radical (unpaired) electrons. The highest BCUT2D eigenvalue weighted by atomic mass is 32.2. The van der Waals surface area contributed by atoms with Crippen LogP contribution in [0.1, 0.15) is 40.8 Å². The van der Waals surface area contributed by atoms with Crippen LogP contribution in [0.15, 0.2) is 16.9 Å². The minimum Gasteiger partial charge on any atom is -0.351 e. The molecule has 0 atom stereocenters. The van der Waals surface area contributed by atoms with Gasteiger partial charge >= 0.3 is 0 Å². The van der Waals surface area contributed by atoms with Gasteiger partial charge in [-0.15, -0.1) is 0 Å². The SMILES string of the molecule is CS(=O)(=O)N1CCC(c2noc(CCNC(=O)c3cn[nH]c3)n2)CC1. The van der Waals surface area contributed by atoms with Gasteiger partial charge in [0.1, 0.15) is 0 Å². The molecule has 11 heteroatoms. The monoisotopic (exact) mass is 368 g/mol. The molecule has 0 aliphatic carbocycles. The number of rotatable bonds is 6. The number of nitrogens with one attached hydrogen (secondary N) is 2. The number of hydrogen-bond donors (Lipinski definition) is 2. The fraction of sp³-hybridized carbons (Fsp3) is 0.571. The standard InChI is InChI=1S/C14H20N6O4S/c1-25(22,23)20-6-3-10(4-7-20)13-18-12(24-19-13)2-5-15-14(21)11-8-16-17-9-11/h8-10H,2-7H2,1H3,(H,15,21)(H,16,17). The quantitative estimate of drug-likeness (QED) is 0.727. The summed E-state index contributed by atoms with van der Waals surface area (Å²) in [5.41, 5.74) is 0.462. The third kappa shape index (κ3) is 4.42. The van der Waals surface area contributed by atoms with Crippen LogP contribution in [-0.2, 0) is 16.4 Å². The van der Waals surface area contributed by atoms with Gasteiger partial charge in [0.25, 0.3) is 5.91 Å². The lowest BCUT2D eigenvalue weighted by atomic mass is 9.97. The van der Waals surface area contributed by atoms with Gasteiger partial charge in [-0.25, -0.2) is 12.7 Å². The molecule has 3 heterocycles. The summed E-state index contributed by atoms with van der Waals surface area (Å²) in [5, 5.41) is 13.0. The number of carbonyl (C=O) groups excluding carboxylic acids is 1. The molecule has 1 fully saturated rings. The zero-order valence-corrected chi connectivity index (χ0v) is 14.6. The molecule has 1 saturated heterocycles. The van der Waals surface area contributed by atoms with Crippen LogP contribution in [0.25, 0.3) is 0 Å². The fourth-order valence-electron chi connectivity index (χ4n) is 2.74. The maximum Gasteiger partial charge on any atom is 0.254 e. The first-order valence-electron chi connectivity index (χ1n) is 7.98. The van der Waals surface area contributed by atoms with Gasteiger partial charge < -0.3 is 9.84 Å². The summed E-state index contributed by atoms with van der Waals surface area (Å²) >= 11 is 0. The van der Waals surface area contributed by atoms with E-state index in [-0.39, 0.29) is 11.8 Å². The van der Waals surface area contributed by atoms with Gasteiger partial charge in [0.2, 0.25) is 15.9 Å². The summed E-state index contributed by atoms with van der Waals surface area (Å²) in [7, 11) is -3.14. The number of hydrogen-bond acceptors (Lipinski definition) is 7. The molecular formula is C14H20N6O4S. The Morgan fingerprint density at radius 3 is 2.84 bits per heavy atom. The maximum atomic E-state index is 11.8. The van der Waals surface area contributed by atoms with Crippen LogP contribution in [0, 0.1) is 0 Å². The Kier molecular flexibility index (Phi) is 5.13. The van der Waals surface area contributed by atoms with E-state index in [0.29, 0.717) is 56.2 Å². The lowest BCUT2D eigenvalue weighted by molar-refractivity contribution is 0.0953. The van der Waals surface area contributed by atoms with E-state index in [1.165, 1.54) is 23.0 Å². The number of carbonyl (C=O) groups is 1. The third-order valence-corrected chi connectivity index (χ3v) is 5.46. The predicted molar refractivity (Wildman–Crippen MR) is 87.3 cm³/mol. The summed E-state index contributed by atoms with van der Waals surface area (Å²) in [6, 6.07) is 0. The van der Waals surface area contributed by atoms with E-state index in [1.54, 1.807) is 0 Å². The van der Waals surface area contributed by atoms with Gasteiger partial charge in [0.05, 0.1) is 18.0 Å². The summed E-state index contributed by atoms with van der Waals surface area (Å²) in [6.45, 7) is 1.31. The first kappa shape index (κ1) is 17.5. The van der Waals surface area contributed by atoms with Gasteiger partial charge in [-0.1, -0.05) is 5.16 Å². The molecule has 25 heavy (non-hydrogen) atoms. The average Bonchev–Trinajstić information content (AvgIpc) is 3.26. The average molecular weight is 368 g/mol. The Hall–Kier alpha value is -2.27. The molecule has 1 aliphatic heterocycles. The smallest absolute Gasteiger partial charge is 0.254 e. The molecule has 0 aromatic carbocycles. The van der Waals surface area contributed by atoms with Crippen molar-refractivity contribution in [2.24, 2.45) is 0 Å². The second kappa shape index (κ2) is 7.31. The highest BCUT2D eigenvalue weighted by Crippen LogP contribution is 2.26. The minimum absolute atomic E-state index is 0.0935. The molecule has 2 N–H and O–H groups in total. The molecule has 0 bridgehead atoms. The van der Waals surface area contributed by atoms with Crippen molar-refractivity contribution in [3.05, 3.63) is 29.7 Å². The summed E-state index contributed by atoms with van der Waals surface area (Å²) in [5.74, 6) is 0.926. The van der Waals surface area contributed by atoms with E-state index < -0.39 is 10.0 Å². The van der Waals surface area contributed by atoms with Crippen molar-refractivity contribution in [2.45, 2.75) is 25.2 Å². The second-order valence-electron chi connectivity index (χ2n) is 5.98. The van der Waals surface area contributed by atoms with Crippen LogP contribution < -0.4 is 5.32 Å². The lowest BCUT2D eigenvalue weighted by Crippen LogP contribution is -2.37. The van der Waals surface area contributed by atoms with Crippen LogP contribution in [0.3, 0.4) is 0 Å². The van der Waals surface area contributed by atoms with Gasteiger partial charge in [-0.3, -0.25) is 9.89 Å². The Morgan fingerprint density at radius 1 is 1.44 bits per heavy atom. The lowest BCUT2D eigenvalue weighted by Gasteiger charge is -2.28. The van der Waals surface area contributed by atoms with E-state index in [1.807, 2.05) is 0 Å². The van der Waals surface area contributed by atoms with Gasteiger partial charge in [0, 0.05) is 38.2 Å². The summed E-state index contributed by atoms with van der Waals surface area (Å²) < 4.78 is 29.7. The molecule has 1 aliphatic rings. The normalized spacial score (nSPS) is 16.8. The number of aromatic nitrogens is 4. The van der Waals surface area contributed by atoms with Crippen LogP contribution in [0.4, 0.5) is 0 Å². The highest BCUT2D eigenvalue weighted by molar-refractivity contribution is 7.88. The largest absolute Gasteiger partial charge is 0.351 e. The van der Waals surface area contributed by atoms with Gasteiger partial charge in [-0.05, 0) is 12.8 Å². The van der Waals surface area contributed by atoms with Crippen molar-refractivity contribution in [1.29, 1.82) is 0 Å². The first-order valence-corrected chi connectivity index (χ1v) is 9.83. The van der Waals surface area contributed by atoms with Crippen LogP contribution in [0.5, 0.6) is 0 Å². The van der Waals surface area contributed by atoms with Crippen molar-refractivity contribution in [3.63, 3.8) is 0 Å². The van der Waals surface area contributed by atoms with Crippen LogP contribution in [-0.4, -0.2) is 64.9 Å². The molecule has 3 rings (SSSR count). The van der Waals surface area contributed by atoms with Crippen molar-refractivity contribution in [1.82, 2.24) is 30.0 Å². The number of aromatic amines is 1. The number of H-pyrrole nitrogens is 1. The number of sulfonamides is 1. The summed E-state index contributed by atoms with van der Waals surface area (Å²) in [6.07, 6.45) is 5.95. The highest BCUT2D eigenvalue weighted by Gasteiger charge is 2.28. The van der Waals surface area contributed by atoms with E-state index in [2.05, 4.69) is 25.7 Å². The Bertz CT molecular complexity index is 808. The van der Waals surface area contributed by atoms with Crippen molar-refractivity contribution < 1.29 is 17.7 Å². The number of piperidine rings is 1.